The first-order valence-corrected chi connectivity index (χ1v) is 6.59. The Hall–Kier alpha value is -1.62. The number of rotatable bonds is 3. The Balaban J connectivity index is 2.78. The van der Waals surface area contributed by atoms with Crippen LogP contribution in [0, 0.1) is 0 Å². The highest BCUT2D eigenvalue weighted by Gasteiger charge is 2.07. The number of carbonyl (C=O) groups excluding carboxylic acids is 1. The van der Waals surface area contributed by atoms with Gasteiger partial charge in [-0.1, -0.05) is 18.2 Å². The van der Waals surface area contributed by atoms with Crippen LogP contribution in [0.3, 0.4) is 0 Å². The lowest BCUT2D eigenvalue weighted by atomic mass is 10.3. The molecular weight excluding hydrogens is 226 g/mol. The van der Waals surface area contributed by atoms with Gasteiger partial charge in [0.05, 0.1) is 0 Å². The van der Waals surface area contributed by atoms with E-state index in [-0.39, 0.29) is 5.57 Å². The molecule has 4 nitrogen and oxygen atoms in total. The first kappa shape index (κ1) is 12.4. The molecule has 0 aliphatic carbocycles. The highest BCUT2D eigenvalue weighted by atomic mass is 32.2. The SMILES string of the molecule is C/C(=C\S(C)(=O)=O)C(=O)Nc1ccccc1. The molecule has 1 aromatic rings. The van der Waals surface area contributed by atoms with Crippen molar-refractivity contribution < 1.29 is 13.2 Å². The predicted octanol–water partition coefficient (Wildman–Crippen LogP) is 1.57. The van der Waals surface area contributed by atoms with E-state index in [1.807, 2.05) is 6.07 Å². The van der Waals surface area contributed by atoms with E-state index >= 15 is 0 Å². The van der Waals surface area contributed by atoms with Crippen molar-refractivity contribution in [2.45, 2.75) is 6.92 Å². The first-order valence-electron chi connectivity index (χ1n) is 4.63. The van der Waals surface area contributed by atoms with Crippen LogP contribution < -0.4 is 5.32 Å². The van der Waals surface area contributed by atoms with Crippen LogP contribution in [0.1, 0.15) is 6.92 Å². The summed E-state index contributed by atoms with van der Waals surface area (Å²) in [4.78, 5) is 11.5. The Morgan fingerprint density at radius 2 is 1.81 bits per heavy atom. The Bertz CT molecular complexity index is 503. The number of benzene rings is 1. The standard InChI is InChI=1S/C11H13NO3S/c1-9(8-16(2,14)15)11(13)12-10-6-4-3-5-7-10/h3-8H,1-2H3,(H,12,13)/b9-8+. The minimum Gasteiger partial charge on any atom is -0.322 e. The number of sulfone groups is 1. The Morgan fingerprint density at radius 3 is 2.31 bits per heavy atom. The summed E-state index contributed by atoms with van der Waals surface area (Å²) in [6.07, 6.45) is 1.05. The van der Waals surface area contributed by atoms with Crippen molar-refractivity contribution >= 4 is 21.4 Å². The molecule has 5 heteroatoms. The highest BCUT2D eigenvalue weighted by molar-refractivity contribution is 7.93. The summed E-state index contributed by atoms with van der Waals surface area (Å²) in [5.41, 5.74) is 0.792. The average molecular weight is 239 g/mol. The second-order valence-corrected chi connectivity index (χ2v) is 5.35. The maximum atomic E-state index is 11.5. The van der Waals surface area contributed by atoms with Gasteiger partial charge in [0.1, 0.15) is 0 Å². The van der Waals surface area contributed by atoms with Crippen molar-refractivity contribution in [2.24, 2.45) is 0 Å². The molecule has 0 unspecified atom stereocenters. The van der Waals surface area contributed by atoms with E-state index in [0.29, 0.717) is 5.69 Å². The molecule has 1 N–H and O–H groups in total. The normalized spacial score (nSPS) is 12.2. The Morgan fingerprint density at radius 1 is 1.25 bits per heavy atom. The lowest BCUT2D eigenvalue weighted by molar-refractivity contribution is -0.112. The van der Waals surface area contributed by atoms with Gasteiger partial charge in [-0.25, -0.2) is 8.42 Å². The summed E-state index contributed by atoms with van der Waals surface area (Å²) in [7, 11) is -3.28. The monoisotopic (exact) mass is 239 g/mol. The molecule has 0 spiro atoms. The smallest absolute Gasteiger partial charge is 0.251 e. The quantitative estimate of drug-likeness (QED) is 0.814. The summed E-state index contributed by atoms with van der Waals surface area (Å²) >= 11 is 0. The van der Waals surface area contributed by atoms with E-state index in [9.17, 15) is 13.2 Å². The Kier molecular flexibility index (Phi) is 3.84. The number of hydrogen-bond donors (Lipinski definition) is 1. The fraction of sp³-hybridized carbons (Fsp3) is 0.182. The van der Waals surface area contributed by atoms with Gasteiger partial charge in [0, 0.05) is 22.9 Å². The van der Waals surface area contributed by atoms with Gasteiger partial charge < -0.3 is 5.32 Å². The molecule has 0 saturated carbocycles. The van der Waals surface area contributed by atoms with Crippen LogP contribution in [0.25, 0.3) is 0 Å². The predicted molar refractivity (Wildman–Crippen MR) is 63.7 cm³/mol. The summed E-state index contributed by atoms with van der Waals surface area (Å²) in [5.74, 6) is -0.420. The van der Waals surface area contributed by atoms with Crippen molar-refractivity contribution in [3.8, 4) is 0 Å². The molecule has 0 aliphatic heterocycles. The second-order valence-electron chi connectivity index (χ2n) is 3.45. The lowest BCUT2D eigenvalue weighted by Crippen LogP contribution is -2.13. The minimum atomic E-state index is -3.28. The summed E-state index contributed by atoms with van der Waals surface area (Å²) in [6.45, 7) is 1.46. The topological polar surface area (TPSA) is 63.2 Å². The summed E-state index contributed by atoms with van der Waals surface area (Å²) < 4.78 is 21.9. The number of anilines is 1. The summed E-state index contributed by atoms with van der Waals surface area (Å²) in [5, 5.41) is 3.54. The van der Waals surface area contributed by atoms with Crippen LogP contribution in [0.5, 0.6) is 0 Å². The summed E-state index contributed by atoms with van der Waals surface area (Å²) in [6, 6.07) is 8.85. The van der Waals surface area contributed by atoms with E-state index in [0.717, 1.165) is 11.7 Å². The van der Waals surface area contributed by atoms with Gasteiger partial charge >= 0.3 is 0 Å². The van der Waals surface area contributed by atoms with Crippen LogP contribution in [-0.2, 0) is 14.6 Å². The molecule has 1 rings (SSSR count). The highest BCUT2D eigenvalue weighted by Crippen LogP contribution is 2.07. The first-order chi connectivity index (χ1) is 7.38. The van der Waals surface area contributed by atoms with Crippen molar-refractivity contribution in [3.05, 3.63) is 41.3 Å². The fourth-order valence-electron chi connectivity index (χ4n) is 1.13. The van der Waals surface area contributed by atoms with Crippen molar-refractivity contribution in [3.63, 3.8) is 0 Å². The number of para-hydroxylation sites is 1. The number of amides is 1. The minimum absolute atomic E-state index is 0.159. The third kappa shape index (κ3) is 4.27. The molecule has 0 radical (unpaired) electrons. The van der Waals surface area contributed by atoms with E-state index in [1.54, 1.807) is 24.3 Å². The Labute approximate surface area is 94.9 Å². The molecule has 0 saturated heterocycles. The zero-order valence-electron chi connectivity index (χ0n) is 9.10. The van der Waals surface area contributed by atoms with Crippen molar-refractivity contribution in [1.29, 1.82) is 0 Å². The van der Waals surface area contributed by atoms with Crippen molar-refractivity contribution in [2.75, 3.05) is 11.6 Å². The largest absolute Gasteiger partial charge is 0.322 e. The number of hydrogen-bond acceptors (Lipinski definition) is 3. The van der Waals surface area contributed by atoms with E-state index in [1.165, 1.54) is 6.92 Å². The van der Waals surface area contributed by atoms with Gasteiger partial charge in [-0.2, -0.15) is 0 Å². The van der Waals surface area contributed by atoms with Gasteiger partial charge in [0.25, 0.3) is 5.91 Å². The molecule has 86 valence electrons. The maximum absolute atomic E-state index is 11.5. The van der Waals surface area contributed by atoms with Crippen LogP contribution in [-0.4, -0.2) is 20.6 Å². The zero-order valence-corrected chi connectivity index (χ0v) is 9.91. The molecule has 0 fully saturated rings. The molecule has 16 heavy (non-hydrogen) atoms. The number of carbonyl (C=O) groups is 1. The third-order valence-electron chi connectivity index (χ3n) is 1.78. The number of nitrogens with one attached hydrogen (secondary N) is 1. The van der Waals surface area contributed by atoms with Gasteiger partial charge in [-0.3, -0.25) is 4.79 Å². The van der Waals surface area contributed by atoms with E-state index in [2.05, 4.69) is 5.32 Å². The van der Waals surface area contributed by atoms with Gasteiger partial charge in [0.15, 0.2) is 9.84 Å². The molecular formula is C11H13NO3S. The van der Waals surface area contributed by atoms with Crippen LogP contribution >= 0.6 is 0 Å². The zero-order chi connectivity index (χ0) is 12.2. The molecule has 1 amide bonds. The van der Waals surface area contributed by atoms with Gasteiger partial charge in [-0.05, 0) is 19.1 Å². The van der Waals surface area contributed by atoms with Crippen LogP contribution in [0.2, 0.25) is 0 Å². The lowest BCUT2D eigenvalue weighted by Gasteiger charge is -2.04. The molecule has 0 aliphatic rings. The molecule has 0 atom stereocenters. The average Bonchev–Trinajstić information content (AvgIpc) is 2.16. The fourth-order valence-corrected chi connectivity index (χ4v) is 1.88. The van der Waals surface area contributed by atoms with Crippen LogP contribution in [0.15, 0.2) is 41.3 Å². The maximum Gasteiger partial charge on any atom is 0.251 e. The van der Waals surface area contributed by atoms with Crippen LogP contribution in [0.4, 0.5) is 5.69 Å². The molecule has 0 bridgehead atoms. The van der Waals surface area contributed by atoms with Gasteiger partial charge in [-0.15, -0.1) is 0 Å². The van der Waals surface area contributed by atoms with Gasteiger partial charge in [0.2, 0.25) is 0 Å². The molecule has 1 aromatic carbocycles. The molecule has 0 heterocycles. The van der Waals surface area contributed by atoms with E-state index in [4.69, 9.17) is 0 Å². The third-order valence-corrected chi connectivity index (χ3v) is 2.56. The van der Waals surface area contributed by atoms with Crippen molar-refractivity contribution in [1.82, 2.24) is 0 Å². The van der Waals surface area contributed by atoms with E-state index < -0.39 is 15.7 Å². The molecule has 0 aromatic heterocycles. The second kappa shape index (κ2) is 4.94.